The van der Waals surface area contributed by atoms with Crippen LogP contribution in [0.4, 0.5) is 5.69 Å². The number of ether oxygens (including phenoxy) is 1. The molecule has 1 aliphatic heterocycles. The molecule has 0 fully saturated rings. The largest absolute Gasteiger partial charge is 0.457 e. The van der Waals surface area contributed by atoms with E-state index in [1.165, 1.54) is 0 Å². The molecule has 5 heteroatoms. The van der Waals surface area contributed by atoms with Crippen molar-refractivity contribution in [3.8, 4) is 0 Å². The Kier molecular flexibility index (Phi) is 5.63. The SMILES string of the molecule is O=C1OCc2cc(NC(=O)C(O)(CCc3ccccc3)Cc3ccccc3)ccc21. The lowest BCUT2D eigenvalue weighted by molar-refractivity contribution is -0.134. The summed E-state index contributed by atoms with van der Waals surface area (Å²) in [5.41, 5.74) is 2.14. The minimum Gasteiger partial charge on any atom is -0.457 e. The number of hydrogen-bond acceptors (Lipinski definition) is 4. The summed E-state index contributed by atoms with van der Waals surface area (Å²) in [6, 6.07) is 24.3. The Bertz CT molecular complexity index is 1050. The predicted molar refractivity (Wildman–Crippen MR) is 114 cm³/mol. The van der Waals surface area contributed by atoms with Crippen LogP contribution in [0.1, 0.15) is 33.5 Å². The predicted octanol–water partition coefficient (Wildman–Crippen LogP) is 3.90. The van der Waals surface area contributed by atoms with Crippen molar-refractivity contribution < 1.29 is 19.4 Å². The van der Waals surface area contributed by atoms with Crippen molar-refractivity contribution in [2.24, 2.45) is 0 Å². The summed E-state index contributed by atoms with van der Waals surface area (Å²) < 4.78 is 5.02. The molecule has 0 saturated heterocycles. The molecule has 1 amide bonds. The summed E-state index contributed by atoms with van der Waals surface area (Å²) in [6.45, 7) is 0.195. The van der Waals surface area contributed by atoms with Gasteiger partial charge in [0.2, 0.25) is 0 Å². The number of cyclic esters (lactones) is 1. The molecule has 0 radical (unpaired) electrons. The average molecular weight is 401 g/mol. The Morgan fingerprint density at radius 1 is 0.967 bits per heavy atom. The zero-order chi connectivity index (χ0) is 21.0. The highest BCUT2D eigenvalue weighted by atomic mass is 16.5. The van der Waals surface area contributed by atoms with E-state index in [0.717, 1.165) is 16.7 Å². The van der Waals surface area contributed by atoms with E-state index in [4.69, 9.17) is 4.74 Å². The Morgan fingerprint density at radius 3 is 2.33 bits per heavy atom. The average Bonchev–Trinajstić information content (AvgIpc) is 3.14. The molecule has 0 aromatic heterocycles. The number of esters is 1. The summed E-state index contributed by atoms with van der Waals surface area (Å²) in [6.07, 6.45) is 1.06. The lowest BCUT2D eigenvalue weighted by Crippen LogP contribution is -2.45. The number of amides is 1. The quantitative estimate of drug-likeness (QED) is 0.589. The van der Waals surface area contributed by atoms with E-state index in [2.05, 4.69) is 5.32 Å². The Labute approximate surface area is 175 Å². The molecule has 5 nitrogen and oxygen atoms in total. The number of aliphatic hydroxyl groups is 1. The second-order valence-electron chi connectivity index (χ2n) is 7.58. The maximum absolute atomic E-state index is 13.2. The van der Waals surface area contributed by atoms with E-state index in [-0.39, 0.29) is 25.4 Å². The lowest BCUT2D eigenvalue weighted by Gasteiger charge is -2.27. The summed E-state index contributed by atoms with van der Waals surface area (Å²) in [4.78, 5) is 24.8. The molecule has 1 atom stereocenters. The molecule has 0 spiro atoms. The van der Waals surface area contributed by atoms with E-state index in [1.807, 2.05) is 60.7 Å². The van der Waals surface area contributed by atoms with E-state index < -0.39 is 11.5 Å². The van der Waals surface area contributed by atoms with Gasteiger partial charge in [-0.15, -0.1) is 0 Å². The topological polar surface area (TPSA) is 75.6 Å². The number of anilines is 1. The van der Waals surface area contributed by atoms with Crippen molar-refractivity contribution in [2.45, 2.75) is 31.5 Å². The number of fused-ring (bicyclic) bond motifs is 1. The minimum absolute atomic E-state index is 0.195. The summed E-state index contributed by atoms with van der Waals surface area (Å²) in [7, 11) is 0. The molecular formula is C25H23NO4. The molecule has 0 saturated carbocycles. The zero-order valence-corrected chi connectivity index (χ0v) is 16.5. The molecule has 30 heavy (non-hydrogen) atoms. The van der Waals surface area contributed by atoms with Gasteiger partial charge in [0.05, 0.1) is 5.56 Å². The maximum atomic E-state index is 13.2. The normalized spacial score (nSPS) is 14.5. The van der Waals surface area contributed by atoms with Gasteiger partial charge in [-0.3, -0.25) is 4.79 Å². The maximum Gasteiger partial charge on any atom is 0.338 e. The van der Waals surface area contributed by atoms with Crippen molar-refractivity contribution in [1.82, 2.24) is 0 Å². The zero-order valence-electron chi connectivity index (χ0n) is 16.5. The van der Waals surface area contributed by atoms with Crippen LogP contribution < -0.4 is 5.32 Å². The van der Waals surface area contributed by atoms with Gasteiger partial charge < -0.3 is 15.2 Å². The summed E-state index contributed by atoms with van der Waals surface area (Å²) >= 11 is 0. The smallest absolute Gasteiger partial charge is 0.338 e. The fourth-order valence-corrected chi connectivity index (χ4v) is 3.67. The number of benzene rings is 3. The highest BCUT2D eigenvalue weighted by molar-refractivity contribution is 5.99. The molecule has 1 aliphatic rings. The van der Waals surface area contributed by atoms with Gasteiger partial charge in [-0.25, -0.2) is 4.79 Å². The Balaban J connectivity index is 1.54. The summed E-state index contributed by atoms with van der Waals surface area (Å²) in [5.74, 6) is -0.821. The van der Waals surface area contributed by atoms with Crippen LogP contribution in [0.15, 0.2) is 78.9 Å². The van der Waals surface area contributed by atoms with Crippen LogP contribution in [0.5, 0.6) is 0 Å². The molecule has 3 aromatic carbocycles. The number of aryl methyl sites for hydroxylation is 1. The van der Waals surface area contributed by atoms with E-state index in [0.29, 0.717) is 17.7 Å². The molecule has 3 aromatic rings. The van der Waals surface area contributed by atoms with Gasteiger partial charge in [-0.1, -0.05) is 60.7 Å². The number of carbonyl (C=O) groups excluding carboxylic acids is 2. The van der Waals surface area contributed by atoms with Crippen molar-refractivity contribution >= 4 is 17.6 Å². The molecule has 0 aliphatic carbocycles. The fraction of sp³-hybridized carbons (Fsp3) is 0.200. The van der Waals surface area contributed by atoms with Gasteiger partial charge in [-0.2, -0.15) is 0 Å². The van der Waals surface area contributed by atoms with Crippen molar-refractivity contribution in [1.29, 1.82) is 0 Å². The van der Waals surface area contributed by atoms with Crippen LogP contribution in [0.3, 0.4) is 0 Å². The van der Waals surface area contributed by atoms with Gasteiger partial charge in [0, 0.05) is 17.7 Å². The van der Waals surface area contributed by atoms with Gasteiger partial charge in [0.25, 0.3) is 5.91 Å². The first kappa shape index (κ1) is 19.9. The minimum atomic E-state index is -1.58. The second-order valence-corrected chi connectivity index (χ2v) is 7.58. The molecule has 4 rings (SSSR count). The van der Waals surface area contributed by atoms with Crippen molar-refractivity contribution in [2.75, 3.05) is 5.32 Å². The molecule has 1 heterocycles. The van der Waals surface area contributed by atoms with Gasteiger partial charge in [0.1, 0.15) is 12.2 Å². The third-order valence-corrected chi connectivity index (χ3v) is 5.37. The molecular weight excluding hydrogens is 378 g/mol. The van der Waals surface area contributed by atoms with Crippen molar-refractivity contribution in [3.05, 3.63) is 101 Å². The van der Waals surface area contributed by atoms with Gasteiger partial charge in [-0.05, 0) is 42.2 Å². The second kappa shape index (κ2) is 8.51. The first-order valence-corrected chi connectivity index (χ1v) is 9.95. The number of hydrogen-bond donors (Lipinski definition) is 2. The number of carbonyl (C=O) groups is 2. The van der Waals surface area contributed by atoms with Gasteiger partial charge in [0.15, 0.2) is 0 Å². The first-order valence-electron chi connectivity index (χ1n) is 9.95. The van der Waals surface area contributed by atoms with E-state index in [9.17, 15) is 14.7 Å². The highest BCUT2D eigenvalue weighted by Crippen LogP contribution is 2.26. The molecule has 1 unspecified atom stereocenters. The van der Waals surface area contributed by atoms with E-state index in [1.54, 1.807) is 18.2 Å². The Morgan fingerprint density at radius 2 is 1.63 bits per heavy atom. The van der Waals surface area contributed by atoms with Crippen LogP contribution in [0, 0.1) is 0 Å². The molecule has 152 valence electrons. The number of rotatable bonds is 7. The highest BCUT2D eigenvalue weighted by Gasteiger charge is 2.36. The van der Waals surface area contributed by atoms with E-state index >= 15 is 0 Å². The van der Waals surface area contributed by atoms with Crippen LogP contribution in [0.25, 0.3) is 0 Å². The first-order chi connectivity index (χ1) is 14.5. The number of nitrogens with one attached hydrogen (secondary N) is 1. The monoisotopic (exact) mass is 401 g/mol. The van der Waals surface area contributed by atoms with Crippen molar-refractivity contribution in [3.63, 3.8) is 0 Å². The van der Waals surface area contributed by atoms with Gasteiger partial charge >= 0.3 is 5.97 Å². The van der Waals surface area contributed by atoms with Crippen LogP contribution in [-0.4, -0.2) is 22.6 Å². The summed E-state index contributed by atoms with van der Waals surface area (Å²) in [5, 5.41) is 14.2. The van der Waals surface area contributed by atoms with Crippen LogP contribution >= 0.6 is 0 Å². The third-order valence-electron chi connectivity index (χ3n) is 5.37. The fourth-order valence-electron chi connectivity index (χ4n) is 3.67. The molecule has 0 bridgehead atoms. The van der Waals surface area contributed by atoms with Crippen LogP contribution in [-0.2, 0) is 29.0 Å². The Hall–Kier alpha value is -3.44. The lowest BCUT2D eigenvalue weighted by atomic mass is 9.87. The third kappa shape index (κ3) is 4.42. The van der Waals surface area contributed by atoms with Crippen LogP contribution in [0.2, 0.25) is 0 Å². The standard InChI is InChI=1S/C25H23NO4/c27-23-22-12-11-21(15-20(22)17-30-23)26-24(28)25(29,16-19-9-5-2-6-10-19)14-13-18-7-3-1-4-8-18/h1-12,15,29H,13-14,16-17H2,(H,26,28). The molecule has 2 N–H and O–H groups in total.